The van der Waals surface area contributed by atoms with Crippen molar-refractivity contribution in [3.05, 3.63) is 0 Å². The largest absolute Gasteiger partial charge is 0.370 e. The lowest BCUT2D eigenvalue weighted by atomic mass is 9.93. The summed E-state index contributed by atoms with van der Waals surface area (Å²) in [6.07, 6.45) is 3.36. The van der Waals surface area contributed by atoms with Crippen LogP contribution in [0.5, 0.6) is 0 Å². The van der Waals surface area contributed by atoms with Crippen molar-refractivity contribution in [2.75, 3.05) is 45.8 Å². The second-order valence-electron chi connectivity index (χ2n) is 5.87. The molecule has 0 radical (unpaired) electrons. The van der Waals surface area contributed by atoms with Crippen LogP contribution in [-0.2, 0) is 9.59 Å². The van der Waals surface area contributed by atoms with Crippen LogP contribution in [0.4, 0.5) is 0 Å². The Kier molecular flexibility index (Phi) is 5.79. The van der Waals surface area contributed by atoms with Gasteiger partial charge in [0.2, 0.25) is 11.8 Å². The zero-order valence-electron chi connectivity index (χ0n) is 12.1. The first-order chi connectivity index (χ1) is 9.65. The number of likely N-dealkylation sites (tertiary alicyclic amines) is 1. The predicted octanol–water partition coefficient (Wildman–Crippen LogP) is -0.604. The van der Waals surface area contributed by atoms with E-state index < -0.39 is 0 Å². The highest BCUT2D eigenvalue weighted by Crippen LogP contribution is 2.20. The van der Waals surface area contributed by atoms with E-state index in [4.69, 9.17) is 5.73 Å². The Morgan fingerprint density at radius 2 is 1.85 bits per heavy atom. The molecule has 3 N–H and O–H groups in total. The van der Waals surface area contributed by atoms with Crippen molar-refractivity contribution in [2.24, 2.45) is 11.7 Å². The number of nitrogens with one attached hydrogen (secondary N) is 1. The van der Waals surface area contributed by atoms with Crippen LogP contribution >= 0.6 is 0 Å². The van der Waals surface area contributed by atoms with Gasteiger partial charge in [0.25, 0.3) is 0 Å². The van der Waals surface area contributed by atoms with Gasteiger partial charge in [-0.2, -0.15) is 0 Å². The molecule has 0 bridgehead atoms. The third-order valence-electron chi connectivity index (χ3n) is 4.25. The Bertz CT molecular complexity index is 332. The summed E-state index contributed by atoms with van der Waals surface area (Å²) in [6.45, 7) is 6.02. The minimum atomic E-state index is -0.230. The SMILES string of the molecule is NC(=O)CC1CCN(C(=O)CN2CCCNCC2)CC1. The average molecular weight is 282 g/mol. The molecule has 0 aliphatic carbocycles. The summed E-state index contributed by atoms with van der Waals surface area (Å²) in [6, 6.07) is 0. The van der Waals surface area contributed by atoms with Gasteiger partial charge in [-0.1, -0.05) is 0 Å². The van der Waals surface area contributed by atoms with Crippen molar-refractivity contribution >= 4 is 11.8 Å². The summed E-state index contributed by atoms with van der Waals surface area (Å²) in [5.74, 6) is 0.357. The summed E-state index contributed by atoms with van der Waals surface area (Å²) >= 11 is 0. The van der Waals surface area contributed by atoms with Crippen molar-refractivity contribution in [1.82, 2.24) is 15.1 Å². The van der Waals surface area contributed by atoms with Crippen molar-refractivity contribution in [2.45, 2.75) is 25.7 Å². The first-order valence-electron chi connectivity index (χ1n) is 7.64. The molecule has 0 aromatic heterocycles. The molecule has 0 saturated carbocycles. The van der Waals surface area contributed by atoms with Crippen LogP contribution in [0.1, 0.15) is 25.7 Å². The van der Waals surface area contributed by atoms with Crippen LogP contribution in [0.2, 0.25) is 0 Å². The number of hydrogen-bond acceptors (Lipinski definition) is 4. The van der Waals surface area contributed by atoms with Crippen molar-refractivity contribution in [3.63, 3.8) is 0 Å². The number of amides is 2. The zero-order chi connectivity index (χ0) is 14.4. The second kappa shape index (κ2) is 7.59. The number of nitrogens with two attached hydrogens (primary N) is 1. The summed E-state index contributed by atoms with van der Waals surface area (Å²) < 4.78 is 0. The van der Waals surface area contributed by atoms with E-state index >= 15 is 0 Å². The van der Waals surface area contributed by atoms with Crippen molar-refractivity contribution in [3.8, 4) is 0 Å². The molecule has 2 rings (SSSR count). The van der Waals surface area contributed by atoms with E-state index in [0.29, 0.717) is 18.9 Å². The maximum Gasteiger partial charge on any atom is 0.236 e. The van der Waals surface area contributed by atoms with Gasteiger partial charge >= 0.3 is 0 Å². The van der Waals surface area contributed by atoms with Gasteiger partial charge in [-0.3, -0.25) is 14.5 Å². The molecule has 2 amide bonds. The number of nitrogens with zero attached hydrogens (tertiary/aromatic N) is 2. The number of carbonyl (C=O) groups is 2. The Morgan fingerprint density at radius 1 is 1.10 bits per heavy atom. The summed E-state index contributed by atoms with van der Waals surface area (Å²) in [5, 5.41) is 3.34. The maximum absolute atomic E-state index is 12.3. The van der Waals surface area contributed by atoms with E-state index in [9.17, 15) is 9.59 Å². The molecular weight excluding hydrogens is 256 g/mol. The third kappa shape index (κ3) is 4.76. The zero-order valence-corrected chi connectivity index (χ0v) is 12.1. The molecule has 0 atom stereocenters. The first kappa shape index (κ1) is 15.3. The minimum absolute atomic E-state index is 0.226. The van der Waals surface area contributed by atoms with E-state index in [-0.39, 0.29) is 11.8 Å². The highest BCUT2D eigenvalue weighted by atomic mass is 16.2. The van der Waals surface area contributed by atoms with Gasteiger partial charge in [-0.15, -0.1) is 0 Å². The van der Waals surface area contributed by atoms with E-state index in [2.05, 4.69) is 10.2 Å². The number of piperidine rings is 1. The van der Waals surface area contributed by atoms with Crippen LogP contribution < -0.4 is 11.1 Å². The quantitative estimate of drug-likeness (QED) is 0.721. The molecule has 6 heteroatoms. The molecule has 114 valence electrons. The summed E-state index contributed by atoms with van der Waals surface area (Å²) in [7, 11) is 0. The average Bonchev–Trinajstić information content (AvgIpc) is 2.67. The molecule has 0 aromatic rings. The Balaban J connectivity index is 1.72. The van der Waals surface area contributed by atoms with Crippen LogP contribution in [0.3, 0.4) is 0 Å². The standard InChI is InChI=1S/C14H26N4O2/c15-13(19)10-12-2-7-18(8-3-12)14(20)11-17-6-1-4-16-5-9-17/h12,16H,1-11H2,(H2,15,19). The van der Waals surface area contributed by atoms with Crippen LogP contribution in [0.15, 0.2) is 0 Å². The van der Waals surface area contributed by atoms with Crippen LogP contribution in [0, 0.1) is 5.92 Å². The van der Waals surface area contributed by atoms with Crippen LogP contribution in [-0.4, -0.2) is 67.4 Å². The Labute approximate surface area is 120 Å². The number of primary amides is 1. The number of hydrogen-bond donors (Lipinski definition) is 2. The molecule has 2 heterocycles. The summed E-state index contributed by atoms with van der Waals surface area (Å²) in [5.41, 5.74) is 5.22. The number of rotatable bonds is 4. The van der Waals surface area contributed by atoms with Gasteiger partial charge in [0.1, 0.15) is 0 Å². The van der Waals surface area contributed by atoms with Gasteiger partial charge in [0.15, 0.2) is 0 Å². The van der Waals surface area contributed by atoms with Gasteiger partial charge in [0, 0.05) is 32.6 Å². The Morgan fingerprint density at radius 3 is 2.55 bits per heavy atom. The highest BCUT2D eigenvalue weighted by Gasteiger charge is 2.25. The van der Waals surface area contributed by atoms with Gasteiger partial charge < -0.3 is 16.0 Å². The lowest BCUT2D eigenvalue weighted by Crippen LogP contribution is -2.45. The van der Waals surface area contributed by atoms with Crippen molar-refractivity contribution < 1.29 is 9.59 Å². The van der Waals surface area contributed by atoms with Gasteiger partial charge in [0.05, 0.1) is 6.54 Å². The topological polar surface area (TPSA) is 78.7 Å². The fraction of sp³-hybridized carbons (Fsp3) is 0.857. The van der Waals surface area contributed by atoms with Crippen LogP contribution in [0.25, 0.3) is 0 Å². The third-order valence-corrected chi connectivity index (χ3v) is 4.25. The van der Waals surface area contributed by atoms with E-state index in [1.165, 1.54) is 0 Å². The molecule has 0 spiro atoms. The highest BCUT2D eigenvalue weighted by molar-refractivity contribution is 5.78. The monoisotopic (exact) mass is 282 g/mol. The predicted molar refractivity (Wildman–Crippen MR) is 77.0 cm³/mol. The molecule has 2 fully saturated rings. The molecule has 2 aliphatic heterocycles. The van der Waals surface area contributed by atoms with Gasteiger partial charge in [-0.25, -0.2) is 0 Å². The van der Waals surface area contributed by atoms with E-state index in [0.717, 1.165) is 58.5 Å². The first-order valence-corrected chi connectivity index (χ1v) is 7.64. The van der Waals surface area contributed by atoms with Crippen molar-refractivity contribution in [1.29, 1.82) is 0 Å². The molecule has 0 aromatic carbocycles. The lowest BCUT2D eigenvalue weighted by molar-refractivity contribution is -0.133. The normalized spacial score (nSPS) is 22.5. The van der Waals surface area contributed by atoms with E-state index in [1.807, 2.05) is 4.90 Å². The molecular formula is C14H26N4O2. The molecule has 20 heavy (non-hydrogen) atoms. The molecule has 2 saturated heterocycles. The number of carbonyl (C=O) groups excluding carboxylic acids is 2. The fourth-order valence-corrected chi connectivity index (χ4v) is 3.02. The molecule has 2 aliphatic rings. The molecule has 6 nitrogen and oxygen atoms in total. The van der Waals surface area contributed by atoms with Gasteiger partial charge in [-0.05, 0) is 38.3 Å². The smallest absolute Gasteiger partial charge is 0.236 e. The minimum Gasteiger partial charge on any atom is -0.370 e. The maximum atomic E-state index is 12.3. The summed E-state index contributed by atoms with van der Waals surface area (Å²) in [4.78, 5) is 27.4. The van der Waals surface area contributed by atoms with E-state index in [1.54, 1.807) is 0 Å². The lowest BCUT2D eigenvalue weighted by Gasteiger charge is -2.33. The second-order valence-corrected chi connectivity index (χ2v) is 5.87. The Hall–Kier alpha value is -1.14. The molecule has 0 unspecified atom stereocenters. The fourth-order valence-electron chi connectivity index (χ4n) is 3.02.